The number of allylic oxidation sites excluding steroid dienone is 1. The number of ketones is 1. The minimum Gasteiger partial charge on any atom is -0.390 e. The zero-order chi connectivity index (χ0) is 13.7. The highest BCUT2D eigenvalue weighted by atomic mass is 16.5. The lowest BCUT2D eigenvalue weighted by Gasteiger charge is -2.52. The van der Waals surface area contributed by atoms with Gasteiger partial charge in [-0.1, -0.05) is 13.0 Å². The topological polar surface area (TPSA) is 70.3 Å². The van der Waals surface area contributed by atoms with E-state index in [0.29, 0.717) is 6.42 Å². The van der Waals surface area contributed by atoms with Crippen LogP contribution in [0.5, 0.6) is 0 Å². The fraction of sp³-hybridized carbons (Fsp3) is 0.714. The molecule has 4 atom stereocenters. The van der Waals surface area contributed by atoms with Gasteiger partial charge >= 0.3 is 0 Å². The summed E-state index contributed by atoms with van der Waals surface area (Å²) < 4.78 is 5.86. The summed E-state index contributed by atoms with van der Waals surface area (Å²) in [5, 5.41) is 19.0. The van der Waals surface area contributed by atoms with Crippen LogP contribution in [-0.2, 0) is 9.53 Å². The largest absolute Gasteiger partial charge is 0.390 e. The Morgan fingerprint density at radius 2 is 2.11 bits per heavy atom. The second-order valence-corrected chi connectivity index (χ2v) is 6.22. The summed E-state index contributed by atoms with van der Waals surface area (Å²) in [6.45, 7) is 7.38. The van der Waals surface area contributed by atoms with Gasteiger partial charge in [-0.25, -0.2) is 0 Å². The number of hydrogen-bond acceptors (Lipinski definition) is 4. The van der Waals surface area contributed by atoms with Crippen LogP contribution in [0.3, 0.4) is 0 Å². The number of hydrogen-bond donors (Lipinski definition) is 1. The quantitative estimate of drug-likeness (QED) is 0.707. The number of aliphatic hydroxyl groups excluding tert-OH is 1. The Morgan fingerprint density at radius 3 is 2.67 bits per heavy atom. The van der Waals surface area contributed by atoms with Gasteiger partial charge in [-0.15, -0.1) is 0 Å². The SMILES string of the molecule is CC1O[C@@H]2C(C)(C=C(C#N)C(=O)C2(C)C)C[C@@H]1O. The molecular weight excluding hydrogens is 230 g/mol. The lowest BCUT2D eigenvalue weighted by Crippen LogP contribution is -2.58. The number of nitrogens with zero attached hydrogens (tertiary/aromatic N) is 1. The molecular formula is C14H19NO3. The molecule has 4 heteroatoms. The van der Waals surface area contributed by atoms with Crippen molar-refractivity contribution in [3.63, 3.8) is 0 Å². The predicted molar refractivity (Wildman–Crippen MR) is 65.5 cm³/mol. The highest BCUT2D eigenvalue weighted by molar-refractivity contribution is 6.04. The number of fused-ring (bicyclic) bond motifs is 1. The predicted octanol–water partition coefficient (Wildman–Crippen LogP) is 1.59. The first-order valence-electron chi connectivity index (χ1n) is 6.23. The normalized spacial score (nSPS) is 42.8. The molecule has 0 spiro atoms. The molecule has 1 N–H and O–H groups in total. The van der Waals surface area contributed by atoms with Crippen LogP contribution in [-0.4, -0.2) is 29.2 Å². The molecule has 1 saturated heterocycles. The molecule has 98 valence electrons. The Kier molecular flexibility index (Phi) is 2.88. The van der Waals surface area contributed by atoms with Gasteiger partial charge in [0.1, 0.15) is 6.07 Å². The van der Waals surface area contributed by atoms with Crippen molar-refractivity contribution >= 4 is 5.78 Å². The summed E-state index contributed by atoms with van der Waals surface area (Å²) in [6, 6.07) is 1.97. The maximum atomic E-state index is 12.2. The maximum absolute atomic E-state index is 12.2. The van der Waals surface area contributed by atoms with E-state index in [2.05, 4.69) is 0 Å². The van der Waals surface area contributed by atoms with Gasteiger partial charge in [-0.05, 0) is 27.2 Å². The van der Waals surface area contributed by atoms with E-state index in [1.807, 2.05) is 33.8 Å². The van der Waals surface area contributed by atoms with Gasteiger partial charge in [-0.3, -0.25) is 4.79 Å². The van der Waals surface area contributed by atoms with Crippen molar-refractivity contribution in [2.24, 2.45) is 10.8 Å². The molecule has 1 aliphatic carbocycles. The number of Topliss-reactive ketones (excluding diaryl/α,β-unsaturated/α-hetero) is 1. The van der Waals surface area contributed by atoms with E-state index in [1.165, 1.54) is 0 Å². The number of rotatable bonds is 0. The van der Waals surface area contributed by atoms with Crippen molar-refractivity contribution in [2.75, 3.05) is 0 Å². The van der Waals surface area contributed by atoms with E-state index >= 15 is 0 Å². The summed E-state index contributed by atoms with van der Waals surface area (Å²) in [7, 11) is 0. The van der Waals surface area contributed by atoms with Crippen molar-refractivity contribution < 1.29 is 14.6 Å². The molecule has 2 rings (SSSR count). The molecule has 0 amide bonds. The van der Waals surface area contributed by atoms with E-state index in [-0.39, 0.29) is 23.6 Å². The van der Waals surface area contributed by atoms with Crippen LogP contribution in [0.1, 0.15) is 34.1 Å². The third-order valence-electron chi connectivity index (χ3n) is 4.22. The van der Waals surface area contributed by atoms with Crippen LogP contribution in [0.2, 0.25) is 0 Å². The average molecular weight is 249 g/mol. The van der Waals surface area contributed by atoms with Crippen LogP contribution in [0.25, 0.3) is 0 Å². The Labute approximate surface area is 107 Å². The lowest BCUT2D eigenvalue weighted by atomic mass is 9.59. The monoisotopic (exact) mass is 249 g/mol. The van der Waals surface area contributed by atoms with E-state index in [0.717, 1.165) is 0 Å². The summed E-state index contributed by atoms with van der Waals surface area (Å²) in [5.41, 5.74) is -1.01. The Morgan fingerprint density at radius 1 is 1.50 bits per heavy atom. The Bertz CT molecular complexity index is 460. The molecule has 0 radical (unpaired) electrons. The highest BCUT2D eigenvalue weighted by Crippen LogP contribution is 2.50. The second-order valence-electron chi connectivity index (χ2n) is 6.22. The van der Waals surface area contributed by atoms with Crippen LogP contribution >= 0.6 is 0 Å². The van der Waals surface area contributed by atoms with Gasteiger partial charge in [-0.2, -0.15) is 5.26 Å². The van der Waals surface area contributed by atoms with E-state index in [1.54, 1.807) is 6.08 Å². The standard InChI is InChI=1S/C14H19NO3/c1-8-10(16)6-14(4)5-9(7-15)11(17)13(2,3)12(14)18-8/h5,8,10,12,16H,6H2,1-4H3/t8?,10-,12-,14?/m0/s1. The van der Waals surface area contributed by atoms with Gasteiger partial charge in [0.15, 0.2) is 5.78 Å². The fourth-order valence-electron chi connectivity index (χ4n) is 3.26. The lowest BCUT2D eigenvalue weighted by molar-refractivity contribution is -0.197. The van der Waals surface area contributed by atoms with Gasteiger partial charge in [0.2, 0.25) is 0 Å². The summed E-state index contributed by atoms with van der Waals surface area (Å²) in [4.78, 5) is 12.2. The third-order valence-corrected chi connectivity index (χ3v) is 4.22. The van der Waals surface area contributed by atoms with Crippen molar-refractivity contribution in [3.8, 4) is 6.07 Å². The van der Waals surface area contributed by atoms with E-state index < -0.39 is 16.9 Å². The minimum atomic E-state index is -0.733. The second kappa shape index (κ2) is 3.91. The van der Waals surface area contributed by atoms with Crippen LogP contribution in [0, 0.1) is 22.2 Å². The highest BCUT2D eigenvalue weighted by Gasteiger charge is 2.56. The van der Waals surface area contributed by atoms with Gasteiger partial charge in [0.05, 0.1) is 29.3 Å². The molecule has 0 aromatic carbocycles. The maximum Gasteiger partial charge on any atom is 0.181 e. The number of carbonyl (C=O) groups is 1. The van der Waals surface area contributed by atoms with Crippen molar-refractivity contribution in [3.05, 3.63) is 11.6 Å². The van der Waals surface area contributed by atoms with E-state index in [9.17, 15) is 9.90 Å². The number of ether oxygens (including phenoxy) is 1. The third kappa shape index (κ3) is 1.70. The van der Waals surface area contributed by atoms with Crippen LogP contribution in [0.15, 0.2) is 11.6 Å². The Hall–Kier alpha value is -1.18. The van der Waals surface area contributed by atoms with E-state index in [4.69, 9.17) is 10.00 Å². The molecule has 1 fully saturated rings. The molecule has 18 heavy (non-hydrogen) atoms. The number of carbonyl (C=O) groups excluding carboxylic acids is 1. The summed E-state index contributed by atoms with van der Waals surface area (Å²) in [5.74, 6) is -0.170. The number of nitriles is 1. The molecule has 2 aliphatic rings. The molecule has 1 aliphatic heterocycles. The molecule has 1 heterocycles. The average Bonchev–Trinajstić information content (AvgIpc) is 2.28. The minimum absolute atomic E-state index is 0.170. The van der Waals surface area contributed by atoms with Gasteiger partial charge in [0, 0.05) is 5.41 Å². The van der Waals surface area contributed by atoms with Gasteiger partial charge < -0.3 is 9.84 Å². The Balaban J connectivity index is 2.52. The van der Waals surface area contributed by atoms with Crippen LogP contribution in [0.4, 0.5) is 0 Å². The molecule has 4 nitrogen and oxygen atoms in total. The molecule has 0 aromatic rings. The van der Waals surface area contributed by atoms with Crippen LogP contribution < -0.4 is 0 Å². The fourth-order valence-corrected chi connectivity index (χ4v) is 3.26. The van der Waals surface area contributed by atoms with Crippen molar-refractivity contribution in [1.29, 1.82) is 5.26 Å². The smallest absolute Gasteiger partial charge is 0.181 e. The molecule has 2 unspecified atom stereocenters. The van der Waals surface area contributed by atoms with Crippen molar-refractivity contribution in [2.45, 2.75) is 52.4 Å². The zero-order valence-corrected chi connectivity index (χ0v) is 11.2. The number of aliphatic hydroxyl groups is 1. The van der Waals surface area contributed by atoms with Crippen molar-refractivity contribution in [1.82, 2.24) is 0 Å². The first-order valence-corrected chi connectivity index (χ1v) is 6.23. The summed E-state index contributed by atoms with van der Waals surface area (Å²) in [6.07, 6.45) is 1.05. The first-order chi connectivity index (χ1) is 8.22. The summed E-state index contributed by atoms with van der Waals surface area (Å²) >= 11 is 0. The van der Waals surface area contributed by atoms with Gasteiger partial charge in [0.25, 0.3) is 0 Å². The molecule has 0 aromatic heterocycles. The first kappa shape index (κ1) is 13.3. The molecule has 0 bridgehead atoms. The molecule has 0 saturated carbocycles. The zero-order valence-electron chi connectivity index (χ0n) is 11.2.